The van der Waals surface area contributed by atoms with E-state index in [4.69, 9.17) is 0 Å². The van der Waals surface area contributed by atoms with Gasteiger partial charge in [-0.3, -0.25) is 0 Å². The average Bonchev–Trinajstić information content (AvgIpc) is 2.46. The molecule has 0 aliphatic rings. The first-order chi connectivity index (χ1) is 9.24. The molecule has 0 fully saturated rings. The second kappa shape index (κ2) is 8.02. The molecule has 0 amide bonds. The van der Waals surface area contributed by atoms with Crippen LogP contribution in [-0.2, 0) is 0 Å². The second-order valence-electron chi connectivity index (χ2n) is 5.08. The number of unbranched alkanes of at least 4 members (excludes halogenated alkanes) is 1. The summed E-state index contributed by atoms with van der Waals surface area (Å²) in [5.41, 5.74) is 1.26. The lowest BCUT2D eigenvalue weighted by Crippen LogP contribution is -2.47. The minimum Gasteiger partial charge on any atom is -0.103 e. The summed E-state index contributed by atoms with van der Waals surface area (Å²) in [4.78, 5) is 0. The summed E-state index contributed by atoms with van der Waals surface area (Å²) in [5, 5.41) is 1.53. The van der Waals surface area contributed by atoms with E-state index in [9.17, 15) is 0 Å². The van der Waals surface area contributed by atoms with E-state index in [2.05, 4.69) is 69.5 Å². The van der Waals surface area contributed by atoms with Gasteiger partial charge in [0.1, 0.15) is 0 Å². The van der Waals surface area contributed by atoms with Crippen molar-refractivity contribution in [3.8, 4) is 11.8 Å². The first-order valence-electron chi connectivity index (χ1n) is 7.43. The van der Waals surface area contributed by atoms with E-state index in [1.54, 1.807) is 0 Å². The van der Waals surface area contributed by atoms with E-state index in [0.717, 1.165) is 18.9 Å². The second-order valence-corrected chi connectivity index (χ2v) is 10.00. The van der Waals surface area contributed by atoms with Crippen molar-refractivity contribution in [2.75, 3.05) is 0 Å². The molecule has 0 bridgehead atoms. The SMILES string of the molecule is C=CC[Si](CC)(CC)c1ccccc1C#CCCC. The molecule has 1 aromatic rings. The topological polar surface area (TPSA) is 0 Å². The molecule has 19 heavy (non-hydrogen) atoms. The predicted molar refractivity (Wildman–Crippen MR) is 89.6 cm³/mol. The van der Waals surface area contributed by atoms with Crippen LogP contribution in [0.15, 0.2) is 36.9 Å². The van der Waals surface area contributed by atoms with Crippen LogP contribution in [0.25, 0.3) is 0 Å². The van der Waals surface area contributed by atoms with Gasteiger partial charge in [-0.2, -0.15) is 0 Å². The van der Waals surface area contributed by atoms with Gasteiger partial charge in [0, 0.05) is 12.0 Å². The molecule has 0 nitrogen and oxygen atoms in total. The van der Waals surface area contributed by atoms with E-state index in [1.807, 2.05) is 0 Å². The molecule has 102 valence electrons. The highest BCUT2D eigenvalue weighted by Gasteiger charge is 2.31. The predicted octanol–water partition coefficient (Wildman–Crippen LogP) is 4.72. The third kappa shape index (κ3) is 3.85. The summed E-state index contributed by atoms with van der Waals surface area (Å²) >= 11 is 0. The van der Waals surface area contributed by atoms with E-state index in [-0.39, 0.29) is 0 Å². The van der Waals surface area contributed by atoms with Gasteiger partial charge < -0.3 is 0 Å². The highest BCUT2D eigenvalue weighted by molar-refractivity contribution is 6.92. The summed E-state index contributed by atoms with van der Waals surface area (Å²) in [5.74, 6) is 6.70. The average molecular weight is 270 g/mol. The van der Waals surface area contributed by atoms with Crippen molar-refractivity contribution in [1.82, 2.24) is 0 Å². The highest BCUT2D eigenvalue weighted by atomic mass is 28.3. The normalized spacial score (nSPS) is 10.7. The van der Waals surface area contributed by atoms with Crippen LogP contribution >= 0.6 is 0 Å². The van der Waals surface area contributed by atoms with Gasteiger partial charge in [0.15, 0.2) is 0 Å². The third-order valence-corrected chi connectivity index (χ3v) is 9.34. The molecule has 0 heterocycles. The Morgan fingerprint density at radius 3 is 2.42 bits per heavy atom. The van der Waals surface area contributed by atoms with Crippen molar-refractivity contribution in [2.24, 2.45) is 0 Å². The molecule has 0 atom stereocenters. The van der Waals surface area contributed by atoms with Crippen LogP contribution in [0.2, 0.25) is 18.1 Å². The van der Waals surface area contributed by atoms with Gasteiger partial charge in [-0.25, -0.2) is 0 Å². The van der Waals surface area contributed by atoms with E-state index >= 15 is 0 Å². The number of allylic oxidation sites excluding steroid dienone is 1. The Kier molecular flexibility index (Phi) is 6.66. The van der Waals surface area contributed by atoms with Gasteiger partial charge in [0.05, 0.1) is 8.07 Å². The molecule has 0 saturated carbocycles. The van der Waals surface area contributed by atoms with Gasteiger partial charge in [-0.15, -0.1) is 6.58 Å². The highest BCUT2D eigenvalue weighted by Crippen LogP contribution is 2.22. The standard InChI is InChI=1S/C18H26Si/c1-5-9-10-13-17-14-11-12-15-18(17)19(7-3,8-4)16-6-2/h6,11-12,14-15H,2,5,7-9,16H2,1,3-4H3. The zero-order chi connectivity index (χ0) is 14.1. The minimum atomic E-state index is -1.44. The maximum absolute atomic E-state index is 3.97. The van der Waals surface area contributed by atoms with Crippen LogP contribution in [0, 0.1) is 11.8 Å². The lowest BCUT2D eigenvalue weighted by atomic mass is 10.2. The minimum absolute atomic E-state index is 0.989. The van der Waals surface area contributed by atoms with Gasteiger partial charge in [-0.1, -0.05) is 69.0 Å². The van der Waals surface area contributed by atoms with Gasteiger partial charge in [0.2, 0.25) is 0 Å². The molecule has 0 aromatic heterocycles. The van der Waals surface area contributed by atoms with E-state index < -0.39 is 8.07 Å². The Hall–Kier alpha value is -1.26. The monoisotopic (exact) mass is 270 g/mol. The maximum Gasteiger partial charge on any atom is 0.0914 e. The maximum atomic E-state index is 3.97. The lowest BCUT2D eigenvalue weighted by Gasteiger charge is -2.30. The van der Waals surface area contributed by atoms with Crippen molar-refractivity contribution < 1.29 is 0 Å². The molecule has 1 rings (SSSR count). The van der Waals surface area contributed by atoms with E-state index in [1.165, 1.54) is 22.8 Å². The Morgan fingerprint density at radius 2 is 1.84 bits per heavy atom. The zero-order valence-electron chi connectivity index (χ0n) is 12.6. The molecule has 1 heteroatoms. The molecule has 0 unspecified atom stereocenters. The van der Waals surface area contributed by atoms with Crippen LogP contribution in [-0.4, -0.2) is 8.07 Å². The number of hydrogen-bond donors (Lipinski definition) is 0. The summed E-state index contributed by atoms with van der Waals surface area (Å²) in [6, 6.07) is 12.5. The van der Waals surface area contributed by atoms with Gasteiger partial charge in [0.25, 0.3) is 0 Å². The van der Waals surface area contributed by atoms with Gasteiger partial charge >= 0.3 is 0 Å². The fourth-order valence-electron chi connectivity index (χ4n) is 2.64. The molecule has 0 radical (unpaired) electrons. The Bertz CT molecular complexity index is 458. The number of benzene rings is 1. The molecule has 0 aliphatic carbocycles. The zero-order valence-corrected chi connectivity index (χ0v) is 13.6. The van der Waals surface area contributed by atoms with Crippen LogP contribution < -0.4 is 5.19 Å². The fraction of sp³-hybridized carbons (Fsp3) is 0.444. The van der Waals surface area contributed by atoms with Crippen molar-refractivity contribution in [3.63, 3.8) is 0 Å². The van der Waals surface area contributed by atoms with Crippen LogP contribution in [0.3, 0.4) is 0 Å². The van der Waals surface area contributed by atoms with E-state index in [0.29, 0.717) is 0 Å². The quantitative estimate of drug-likeness (QED) is 0.398. The van der Waals surface area contributed by atoms with Crippen molar-refractivity contribution in [2.45, 2.75) is 51.7 Å². The number of rotatable bonds is 6. The first kappa shape index (κ1) is 15.8. The fourth-order valence-corrected chi connectivity index (χ4v) is 6.42. The summed E-state index contributed by atoms with van der Waals surface area (Å²) in [6.07, 6.45) is 4.23. The smallest absolute Gasteiger partial charge is 0.0914 e. The molecule has 1 aromatic carbocycles. The third-order valence-electron chi connectivity index (χ3n) is 3.99. The van der Waals surface area contributed by atoms with Crippen LogP contribution in [0.4, 0.5) is 0 Å². The lowest BCUT2D eigenvalue weighted by molar-refractivity contribution is 0.983. The molecular formula is C18H26Si. The van der Waals surface area contributed by atoms with Crippen LogP contribution in [0.1, 0.15) is 39.2 Å². The Morgan fingerprint density at radius 1 is 1.16 bits per heavy atom. The van der Waals surface area contributed by atoms with Crippen LogP contribution in [0.5, 0.6) is 0 Å². The van der Waals surface area contributed by atoms with Gasteiger partial charge in [-0.05, 0) is 23.7 Å². The Labute approximate surface area is 120 Å². The van der Waals surface area contributed by atoms with Crippen molar-refractivity contribution in [1.29, 1.82) is 0 Å². The molecule has 0 N–H and O–H groups in total. The van der Waals surface area contributed by atoms with Crippen molar-refractivity contribution in [3.05, 3.63) is 42.5 Å². The largest absolute Gasteiger partial charge is 0.103 e. The molecular weight excluding hydrogens is 244 g/mol. The molecule has 0 saturated heterocycles. The van der Waals surface area contributed by atoms with Crippen molar-refractivity contribution >= 4 is 13.3 Å². The summed E-state index contributed by atoms with van der Waals surface area (Å²) in [7, 11) is -1.44. The number of hydrogen-bond acceptors (Lipinski definition) is 0. The summed E-state index contributed by atoms with van der Waals surface area (Å²) < 4.78 is 0. The molecule has 0 spiro atoms. The Balaban J connectivity index is 3.24. The summed E-state index contributed by atoms with van der Waals surface area (Å²) in [6.45, 7) is 10.8. The first-order valence-corrected chi connectivity index (χ1v) is 10.1. The molecule has 0 aliphatic heterocycles.